The number of nitrogen functional groups attached to an aromatic ring is 1. The minimum Gasteiger partial charge on any atom is -0.495 e. The first kappa shape index (κ1) is 18.3. The lowest BCUT2D eigenvalue weighted by molar-refractivity contribution is 0.0120. The van der Waals surface area contributed by atoms with E-state index in [9.17, 15) is 0 Å². The van der Waals surface area contributed by atoms with Crippen molar-refractivity contribution in [3.05, 3.63) is 30.1 Å². The third-order valence-corrected chi connectivity index (χ3v) is 4.35. The number of methoxy groups -OCH3 is 1. The van der Waals surface area contributed by atoms with Gasteiger partial charge in [-0.1, -0.05) is 12.1 Å². The van der Waals surface area contributed by atoms with Gasteiger partial charge in [0.25, 0.3) is 0 Å². The lowest BCUT2D eigenvalue weighted by atomic mass is 10.1. The van der Waals surface area contributed by atoms with E-state index in [-0.39, 0.29) is 5.95 Å². The molecular weight excluding hydrogens is 332 g/mol. The number of para-hydroxylation sites is 2. The number of ether oxygens (including phenoxy) is 2. The van der Waals surface area contributed by atoms with Gasteiger partial charge in [0.05, 0.1) is 25.4 Å². The molecule has 0 saturated carbocycles. The average molecular weight is 358 g/mol. The highest BCUT2D eigenvalue weighted by atomic mass is 16.5. The number of nitrogens with zero attached hydrogens (tertiary/aromatic N) is 4. The number of hydrogen-bond acceptors (Lipinski definition) is 8. The van der Waals surface area contributed by atoms with Crippen LogP contribution < -0.4 is 15.8 Å². The Bertz CT molecular complexity index is 719. The van der Waals surface area contributed by atoms with E-state index < -0.39 is 0 Å². The first-order valence-electron chi connectivity index (χ1n) is 8.92. The van der Waals surface area contributed by atoms with Crippen LogP contribution in [-0.2, 0) is 11.3 Å². The maximum atomic E-state index is 5.88. The number of nitrogens with one attached hydrogen (secondary N) is 1. The van der Waals surface area contributed by atoms with Crippen molar-refractivity contribution in [2.45, 2.75) is 32.4 Å². The summed E-state index contributed by atoms with van der Waals surface area (Å²) in [7, 11) is 1.62. The van der Waals surface area contributed by atoms with Crippen LogP contribution in [0.5, 0.6) is 5.75 Å². The standard InChI is InChI=1S/C18H26N6O2/c1-3-26-13-8-10-24(11-9-13)12-16-21-17(19)23-18(22-16)20-14-6-4-5-7-15(14)25-2/h4-7,13H,3,8-12H2,1-2H3,(H3,19,20,21,22,23). The summed E-state index contributed by atoms with van der Waals surface area (Å²) in [4.78, 5) is 15.3. The molecule has 1 aliphatic heterocycles. The van der Waals surface area contributed by atoms with E-state index in [1.165, 1.54) is 0 Å². The van der Waals surface area contributed by atoms with Crippen LogP contribution in [0.3, 0.4) is 0 Å². The summed E-state index contributed by atoms with van der Waals surface area (Å²) < 4.78 is 11.0. The summed E-state index contributed by atoms with van der Waals surface area (Å²) >= 11 is 0. The van der Waals surface area contributed by atoms with Gasteiger partial charge in [0.15, 0.2) is 0 Å². The number of piperidine rings is 1. The predicted octanol–water partition coefficient (Wildman–Crippen LogP) is 2.21. The van der Waals surface area contributed by atoms with Crippen LogP contribution in [0.4, 0.5) is 17.6 Å². The fraction of sp³-hybridized carbons (Fsp3) is 0.500. The molecule has 0 bridgehead atoms. The molecule has 8 heteroatoms. The number of nitrogens with two attached hydrogens (primary N) is 1. The molecule has 1 aliphatic rings. The summed E-state index contributed by atoms with van der Waals surface area (Å²) in [6.45, 7) is 5.38. The summed E-state index contributed by atoms with van der Waals surface area (Å²) in [5.41, 5.74) is 6.66. The van der Waals surface area contributed by atoms with Crippen molar-refractivity contribution in [1.82, 2.24) is 19.9 Å². The van der Waals surface area contributed by atoms with Gasteiger partial charge in [-0.15, -0.1) is 0 Å². The van der Waals surface area contributed by atoms with Crippen molar-refractivity contribution >= 4 is 17.6 Å². The molecule has 140 valence electrons. The highest BCUT2D eigenvalue weighted by Gasteiger charge is 2.20. The quantitative estimate of drug-likeness (QED) is 0.777. The molecule has 0 radical (unpaired) electrons. The number of likely N-dealkylation sites (tertiary alicyclic amines) is 1. The van der Waals surface area contributed by atoms with Crippen molar-refractivity contribution in [2.75, 3.05) is 37.9 Å². The topological polar surface area (TPSA) is 98.4 Å². The van der Waals surface area contributed by atoms with Gasteiger partial charge >= 0.3 is 0 Å². The van der Waals surface area contributed by atoms with Crippen LogP contribution in [0.25, 0.3) is 0 Å². The van der Waals surface area contributed by atoms with Gasteiger partial charge in [0, 0.05) is 19.7 Å². The number of anilines is 3. The molecule has 3 N–H and O–H groups in total. The summed E-state index contributed by atoms with van der Waals surface area (Å²) in [6, 6.07) is 7.59. The summed E-state index contributed by atoms with van der Waals surface area (Å²) in [6.07, 6.45) is 2.42. The van der Waals surface area contributed by atoms with Crippen LogP contribution in [0.2, 0.25) is 0 Å². The van der Waals surface area contributed by atoms with Gasteiger partial charge in [-0.3, -0.25) is 4.90 Å². The maximum Gasteiger partial charge on any atom is 0.232 e. The van der Waals surface area contributed by atoms with Crippen molar-refractivity contribution in [1.29, 1.82) is 0 Å². The molecule has 1 aromatic heterocycles. The molecule has 2 aromatic rings. The molecular formula is C18H26N6O2. The predicted molar refractivity (Wildman–Crippen MR) is 100 cm³/mol. The molecule has 0 unspecified atom stereocenters. The molecule has 0 spiro atoms. The molecule has 1 aromatic carbocycles. The average Bonchev–Trinajstić information content (AvgIpc) is 2.63. The van der Waals surface area contributed by atoms with Gasteiger partial charge in [0.2, 0.25) is 11.9 Å². The van der Waals surface area contributed by atoms with E-state index in [0.717, 1.165) is 38.2 Å². The number of benzene rings is 1. The summed E-state index contributed by atoms with van der Waals surface area (Å²) in [5, 5.41) is 3.16. The molecule has 26 heavy (non-hydrogen) atoms. The molecule has 0 aliphatic carbocycles. The fourth-order valence-electron chi connectivity index (χ4n) is 3.10. The minimum absolute atomic E-state index is 0.205. The zero-order valence-electron chi connectivity index (χ0n) is 15.3. The van der Waals surface area contributed by atoms with Gasteiger partial charge in [-0.25, -0.2) is 0 Å². The summed E-state index contributed by atoms with van der Waals surface area (Å²) in [5.74, 6) is 1.99. The van der Waals surface area contributed by atoms with E-state index in [1.807, 2.05) is 31.2 Å². The highest BCUT2D eigenvalue weighted by molar-refractivity contribution is 5.62. The molecule has 1 fully saturated rings. The van der Waals surface area contributed by atoms with E-state index in [4.69, 9.17) is 15.2 Å². The number of hydrogen-bond donors (Lipinski definition) is 2. The Morgan fingerprint density at radius 3 is 2.69 bits per heavy atom. The molecule has 2 heterocycles. The van der Waals surface area contributed by atoms with Gasteiger partial charge in [0.1, 0.15) is 11.6 Å². The largest absolute Gasteiger partial charge is 0.495 e. The van der Waals surface area contributed by atoms with Gasteiger partial charge in [-0.2, -0.15) is 15.0 Å². The third-order valence-electron chi connectivity index (χ3n) is 4.35. The van der Waals surface area contributed by atoms with Crippen LogP contribution in [0, 0.1) is 0 Å². The minimum atomic E-state index is 0.205. The van der Waals surface area contributed by atoms with E-state index in [2.05, 4.69) is 25.2 Å². The lowest BCUT2D eigenvalue weighted by Crippen LogP contribution is -2.37. The van der Waals surface area contributed by atoms with E-state index in [1.54, 1.807) is 7.11 Å². The Balaban J connectivity index is 1.66. The van der Waals surface area contributed by atoms with Crippen LogP contribution in [0.15, 0.2) is 24.3 Å². The first-order valence-corrected chi connectivity index (χ1v) is 8.92. The normalized spacial score (nSPS) is 15.8. The van der Waals surface area contributed by atoms with Crippen LogP contribution >= 0.6 is 0 Å². The van der Waals surface area contributed by atoms with E-state index >= 15 is 0 Å². The second kappa shape index (κ2) is 8.77. The number of aromatic nitrogens is 3. The zero-order chi connectivity index (χ0) is 18.4. The lowest BCUT2D eigenvalue weighted by Gasteiger charge is -2.31. The second-order valence-electron chi connectivity index (χ2n) is 6.19. The zero-order valence-corrected chi connectivity index (χ0v) is 15.3. The number of rotatable bonds is 7. The molecule has 8 nitrogen and oxygen atoms in total. The molecule has 0 atom stereocenters. The van der Waals surface area contributed by atoms with Crippen molar-refractivity contribution in [2.24, 2.45) is 0 Å². The van der Waals surface area contributed by atoms with Crippen LogP contribution in [0.1, 0.15) is 25.6 Å². The Labute approximate surface area is 153 Å². The van der Waals surface area contributed by atoms with Crippen molar-refractivity contribution in [3.8, 4) is 5.75 Å². The maximum absolute atomic E-state index is 5.88. The Morgan fingerprint density at radius 2 is 1.96 bits per heavy atom. The monoisotopic (exact) mass is 358 g/mol. The van der Waals surface area contributed by atoms with Crippen molar-refractivity contribution < 1.29 is 9.47 Å². The molecule has 1 saturated heterocycles. The van der Waals surface area contributed by atoms with E-state index in [0.29, 0.717) is 30.2 Å². The Kier molecular flexibility index (Phi) is 6.19. The van der Waals surface area contributed by atoms with Crippen LogP contribution in [-0.4, -0.2) is 52.8 Å². The van der Waals surface area contributed by atoms with Gasteiger partial charge in [-0.05, 0) is 31.9 Å². The highest BCUT2D eigenvalue weighted by Crippen LogP contribution is 2.25. The molecule has 0 amide bonds. The third kappa shape index (κ3) is 4.80. The SMILES string of the molecule is CCOC1CCN(Cc2nc(N)nc(Nc3ccccc3OC)n2)CC1. The Hall–Kier alpha value is -2.45. The first-order chi connectivity index (χ1) is 12.7. The Morgan fingerprint density at radius 1 is 1.19 bits per heavy atom. The molecule has 3 rings (SSSR count). The van der Waals surface area contributed by atoms with Crippen molar-refractivity contribution in [3.63, 3.8) is 0 Å². The smallest absolute Gasteiger partial charge is 0.232 e. The van der Waals surface area contributed by atoms with Gasteiger partial charge < -0.3 is 20.5 Å². The second-order valence-corrected chi connectivity index (χ2v) is 6.19. The fourth-order valence-corrected chi connectivity index (χ4v) is 3.10.